The third kappa shape index (κ3) is 3.36. The lowest BCUT2D eigenvalue weighted by molar-refractivity contribution is 0.689. The topological polar surface area (TPSA) is 41.9 Å². The van der Waals surface area contributed by atoms with Gasteiger partial charge in [-0.3, -0.25) is 4.68 Å². The number of aromatic nitrogens is 2. The van der Waals surface area contributed by atoms with E-state index in [2.05, 4.69) is 35.6 Å². The average molecular weight is 288 g/mol. The van der Waals surface area contributed by atoms with Crippen LogP contribution < -0.4 is 10.6 Å². The zero-order valence-corrected chi connectivity index (χ0v) is 13.1. The first-order valence-corrected chi connectivity index (χ1v) is 6.99. The van der Waals surface area contributed by atoms with Crippen molar-refractivity contribution in [1.29, 1.82) is 0 Å². The number of thiocarbonyl (C=S) groups is 1. The first-order chi connectivity index (χ1) is 9.47. The van der Waals surface area contributed by atoms with Crippen LogP contribution in [0.4, 0.5) is 5.69 Å². The Morgan fingerprint density at radius 3 is 2.70 bits per heavy atom. The number of benzene rings is 1. The summed E-state index contributed by atoms with van der Waals surface area (Å²) in [6.07, 6.45) is 0. The van der Waals surface area contributed by atoms with E-state index in [9.17, 15) is 0 Å². The molecular formula is C15H20N4S. The monoisotopic (exact) mass is 288 g/mol. The van der Waals surface area contributed by atoms with Crippen molar-refractivity contribution in [1.82, 2.24) is 15.1 Å². The second-order valence-corrected chi connectivity index (χ2v) is 5.36. The summed E-state index contributed by atoms with van der Waals surface area (Å²) in [5, 5.41) is 11.4. The predicted molar refractivity (Wildman–Crippen MR) is 86.9 cm³/mol. The molecule has 0 radical (unpaired) electrons. The molecule has 2 N–H and O–H groups in total. The second-order valence-electron chi connectivity index (χ2n) is 4.96. The van der Waals surface area contributed by atoms with Crippen molar-refractivity contribution in [3.05, 3.63) is 46.8 Å². The molecule has 0 aliphatic heterocycles. The van der Waals surface area contributed by atoms with Gasteiger partial charge in [0.25, 0.3) is 0 Å². The molecule has 0 spiro atoms. The van der Waals surface area contributed by atoms with E-state index >= 15 is 0 Å². The maximum Gasteiger partial charge on any atom is 0.171 e. The number of aryl methyl sites for hydroxylation is 3. The highest BCUT2D eigenvalue weighted by Gasteiger charge is 2.05. The molecule has 1 aromatic carbocycles. The maximum absolute atomic E-state index is 5.34. The third-order valence-corrected chi connectivity index (χ3v) is 3.63. The van der Waals surface area contributed by atoms with Gasteiger partial charge < -0.3 is 10.6 Å². The smallest absolute Gasteiger partial charge is 0.171 e. The van der Waals surface area contributed by atoms with E-state index in [1.807, 2.05) is 36.9 Å². The van der Waals surface area contributed by atoms with Crippen molar-refractivity contribution in [3.8, 4) is 0 Å². The molecule has 0 bridgehead atoms. The van der Waals surface area contributed by atoms with Crippen LogP contribution in [-0.4, -0.2) is 14.9 Å². The fourth-order valence-corrected chi connectivity index (χ4v) is 2.24. The van der Waals surface area contributed by atoms with Gasteiger partial charge in [0.1, 0.15) is 0 Å². The minimum absolute atomic E-state index is 0.623. The molecule has 0 atom stereocenters. The lowest BCUT2D eigenvalue weighted by Gasteiger charge is -2.13. The maximum atomic E-state index is 5.34. The Balaban J connectivity index is 1.96. The predicted octanol–water partition coefficient (Wildman–Crippen LogP) is 2.83. The number of hydrogen-bond acceptors (Lipinski definition) is 2. The van der Waals surface area contributed by atoms with E-state index in [-0.39, 0.29) is 0 Å². The van der Waals surface area contributed by atoms with Crippen LogP contribution in [-0.2, 0) is 13.6 Å². The van der Waals surface area contributed by atoms with Gasteiger partial charge in [0.15, 0.2) is 5.11 Å². The Bertz CT molecular complexity index is 631. The van der Waals surface area contributed by atoms with Gasteiger partial charge in [-0.05, 0) is 56.2 Å². The molecule has 0 amide bonds. The van der Waals surface area contributed by atoms with E-state index in [1.165, 1.54) is 11.1 Å². The molecule has 1 aromatic heterocycles. The van der Waals surface area contributed by atoms with Crippen LogP contribution in [0.1, 0.15) is 22.5 Å². The molecule has 0 saturated carbocycles. The minimum Gasteiger partial charge on any atom is -0.357 e. The van der Waals surface area contributed by atoms with Crippen molar-refractivity contribution in [2.24, 2.45) is 7.05 Å². The van der Waals surface area contributed by atoms with Crippen LogP contribution in [0, 0.1) is 20.8 Å². The average Bonchev–Trinajstić information content (AvgIpc) is 2.71. The molecule has 0 unspecified atom stereocenters. The number of rotatable bonds is 3. The summed E-state index contributed by atoms with van der Waals surface area (Å²) >= 11 is 5.34. The minimum atomic E-state index is 0.623. The number of nitrogens with zero attached hydrogens (tertiary/aromatic N) is 2. The van der Waals surface area contributed by atoms with Crippen LogP contribution in [0.25, 0.3) is 0 Å². The number of nitrogens with one attached hydrogen (secondary N) is 2. The SMILES string of the molecule is Cc1cc(CNC(=S)Nc2cccc(C)c2C)n(C)n1. The van der Waals surface area contributed by atoms with Crippen molar-refractivity contribution in [2.45, 2.75) is 27.3 Å². The summed E-state index contributed by atoms with van der Waals surface area (Å²) in [5.74, 6) is 0. The van der Waals surface area contributed by atoms with Gasteiger partial charge in [-0.2, -0.15) is 5.10 Å². The molecule has 0 saturated heterocycles. The zero-order valence-electron chi connectivity index (χ0n) is 12.3. The van der Waals surface area contributed by atoms with E-state index in [0.717, 1.165) is 17.1 Å². The summed E-state index contributed by atoms with van der Waals surface area (Å²) in [6.45, 7) is 6.82. The van der Waals surface area contributed by atoms with Crippen molar-refractivity contribution < 1.29 is 0 Å². The zero-order chi connectivity index (χ0) is 14.7. The van der Waals surface area contributed by atoms with Gasteiger partial charge in [-0.1, -0.05) is 12.1 Å². The third-order valence-electron chi connectivity index (χ3n) is 3.38. The second kappa shape index (κ2) is 6.05. The van der Waals surface area contributed by atoms with Gasteiger partial charge in [0, 0.05) is 12.7 Å². The molecule has 4 nitrogen and oxygen atoms in total. The van der Waals surface area contributed by atoms with E-state index in [0.29, 0.717) is 11.7 Å². The first-order valence-electron chi connectivity index (χ1n) is 6.58. The van der Waals surface area contributed by atoms with Gasteiger partial charge in [-0.15, -0.1) is 0 Å². The molecular weight excluding hydrogens is 268 g/mol. The molecule has 0 aliphatic carbocycles. The van der Waals surface area contributed by atoms with Crippen LogP contribution >= 0.6 is 12.2 Å². The summed E-state index contributed by atoms with van der Waals surface area (Å²) in [4.78, 5) is 0. The fourth-order valence-electron chi connectivity index (χ4n) is 2.05. The Morgan fingerprint density at radius 2 is 2.05 bits per heavy atom. The molecule has 20 heavy (non-hydrogen) atoms. The highest BCUT2D eigenvalue weighted by Crippen LogP contribution is 2.17. The molecule has 1 heterocycles. The molecule has 0 aliphatic rings. The molecule has 2 rings (SSSR count). The quantitative estimate of drug-likeness (QED) is 0.852. The van der Waals surface area contributed by atoms with Crippen LogP contribution in [0.15, 0.2) is 24.3 Å². The summed E-state index contributed by atoms with van der Waals surface area (Å²) < 4.78 is 1.86. The van der Waals surface area contributed by atoms with Crippen LogP contribution in [0.3, 0.4) is 0 Å². The lowest BCUT2D eigenvalue weighted by atomic mass is 10.1. The number of hydrogen-bond donors (Lipinski definition) is 2. The normalized spacial score (nSPS) is 10.4. The number of anilines is 1. The largest absolute Gasteiger partial charge is 0.357 e. The van der Waals surface area contributed by atoms with Gasteiger partial charge >= 0.3 is 0 Å². The highest BCUT2D eigenvalue weighted by atomic mass is 32.1. The summed E-state index contributed by atoms with van der Waals surface area (Å²) in [6, 6.07) is 8.20. The van der Waals surface area contributed by atoms with Crippen LogP contribution in [0.5, 0.6) is 0 Å². The Morgan fingerprint density at radius 1 is 1.30 bits per heavy atom. The molecule has 106 valence electrons. The molecule has 5 heteroatoms. The first kappa shape index (κ1) is 14.5. The van der Waals surface area contributed by atoms with Gasteiger partial charge in [0.05, 0.1) is 17.9 Å². The van der Waals surface area contributed by atoms with Crippen molar-refractivity contribution in [2.75, 3.05) is 5.32 Å². The van der Waals surface area contributed by atoms with Crippen molar-refractivity contribution >= 4 is 23.0 Å². The van der Waals surface area contributed by atoms with E-state index in [4.69, 9.17) is 12.2 Å². The van der Waals surface area contributed by atoms with Gasteiger partial charge in [0.2, 0.25) is 0 Å². The highest BCUT2D eigenvalue weighted by molar-refractivity contribution is 7.80. The summed E-state index contributed by atoms with van der Waals surface area (Å²) in [7, 11) is 1.94. The van der Waals surface area contributed by atoms with Crippen molar-refractivity contribution in [3.63, 3.8) is 0 Å². The standard InChI is InChI=1S/C15H20N4S/c1-10-6-5-7-14(12(10)3)17-15(20)16-9-13-8-11(2)18-19(13)4/h5-8H,9H2,1-4H3,(H2,16,17,20). The van der Waals surface area contributed by atoms with Crippen LogP contribution in [0.2, 0.25) is 0 Å². The van der Waals surface area contributed by atoms with Gasteiger partial charge in [-0.25, -0.2) is 0 Å². The fraction of sp³-hybridized carbons (Fsp3) is 0.333. The Labute approximate surface area is 125 Å². The Kier molecular flexibility index (Phi) is 4.39. The van der Waals surface area contributed by atoms with E-state index in [1.54, 1.807) is 0 Å². The van der Waals surface area contributed by atoms with E-state index < -0.39 is 0 Å². The molecule has 2 aromatic rings. The summed E-state index contributed by atoms with van der Waals surface area (Å²) in [5.41, 5.74) is 5.63. The molecule has 0 fully saturated rings. The Hall–Kier alpha value is -1.88. The lowest BCUT2D eigenvalue weighted by Crippen LogP contribution is -2.29.